The number of hydrogen-bond acceptors (Lipinski definition) is 6. The van der Waals surface area contributed by atoms with Crippen molar-refractivity contribution in [1.82, 2.24) is 14.5 Å². The molecule has 0 saturated heterocycles. The molecule has 6 rings (SSSR count). The van der Waals surface area contributed by atoms with Crippen LogP contribution in [0.5, 0.6) is 5.88 Å². The van der Waals surface area contributed by atoms with Crippen LogP contribution in [-0.2, 0) is 0 Å². The molecular formula is C30H20FN5OS. The van der Waals surface area contributed by atoms with Gasteiger partial charge in [-0.15, -0.1) is 11.3 Å². The Morgan fingerprint density at radius 1 is 0.974 bits per heavy atom. The first kappa shape index (κ1) is 23.5. The highest BCUT2D eigenvalue weighted by Gasteiger charge is 2.23. The zero-order chi connectivity index (χ0) is 26.1. The van der Waals surface area contributed by atoms with Crippen LogP contribution in [0.2, 0.25) is 0 Å². The number of thiophene rings is 1. The molecule has 0 saturated carbocycles. The smallest absolute Gasteiger partial charge is 0.235 e. The van der Waals surface area contributed by atoms with Gasteiger partial charge >= 0.3 is 0 Å². The highest BCUT2D eigenvalue weighted by Crippen LogP contribution is 2.42. The van der Waals surface area contributed by atoms with Gasteiger partial charge in [0.05, 0.1) is 22.5 Å². The number of hydrogen-bond donors (Lipinski definition) is 0. The summed E-state index contributed by atoms with van der Waals surface area (Å²) in [6.07, 6.45) is 1.98. The molecule has 0 N–H and O–H groups in total. The van der Waals surface area contributed by atoms with E-state index in [2.05, 4.69) is 6.07 Å². The van der Waals surface area contributed by atoms with Crippen LogP contribution in [0, 0.1) is 17.1 Å². The molecule has 38 heavy (non-hydrogen) atoms. The van der Waals surface area contributed by atoms with E-state index in [0.29, 0.717) is 39.7 Å². The van der Waals surface area contributed by atoms with Crippen LogP contribution < -0.4 is 10.4 Å². The minimum absolute atomic E-state index is 0.306. The molecule has 3 aromatic carbocycles. The summed E-state index contributed by atoms with van der Waals surface area (Å²) in [5.74, 6) is -0.0279. The van der Waals surface area contributed by atoms with Crippen molar-refractivity contribution in [1.29, 1.82) is 5.26 Å². The highest BCUT2D eigenvalue weighted by molar-refractivity contribution is 7.25. The number of fused-ring (bicyclic) bond motifs is 3. The summed E-state index contributed by atoms with van der Waals surface area (Å²) in [4.78, 5) is 15.2. The van der Waals surface area contributed by atoms with E-state index in [4.69, 9.17) is 19.7 Å². The van der Waals surface area contributed by atoms with Gasteiger partial charge < -0.3 is 4.74 Å². The van der Waals surface area contributed by atoms with E-state index in [9.17, 15) is 9.65 Å². The minimum atomic E-state index is -0.333. The van der Waals surface area contributed by atoms with Gasteiger partial charge in [-0.05, 0) is 48.9 Å². The van der Waals surface area contributed by atoms with Gasteiger partial charge in [0.25, 0.3) is 0 Å². The van der Waals surface area contributed by atoms with Crippen molar-refractivity contribution < 1.29 is 9.13 Å². The van der Waals surface area contributed by atoms with Crippen molar-refractivity contribution in [2.24, 2.45) is 4.99 Å². The van der Waals surface area contributed by atoms with E-state index >= 15 is 0 Å². The molecule has 184 valence electrons. The van der Waals surface area contributed by atoms with Crippen LogP contribution in [0.3, 0.4) is 0 Å². The normalized spacial score (nSPS) is 11.7. The molecule has 0 atom stereocenters. The molecular weight excluding hydrogens is 497 g/mol. The predicted octanol–water partition coefficient (Wildman–Crippen LogP) is 6.94. The fourth-order valence-electron chi connectivity index (χ4n) is 4.37. The molecule has 0 aliphatic rings. The van der Waals surface area contributed by atoms with Crippen molar-refractivity contribution in [2.45, 2.75) is 6.92 Å². The molecule has 0 bridgehead atoms. The largest absolute Gasteiger partial charge is 0.477 e. The number of aromatic nitrogens is 3. The maximum Gasteiger partial charge on any atom is 0.235 e. The monoisotopic (exact) mass is 517 g/mol. The Balaban J connectivity index is 1.75. The number of ether oxygens (including phenoxy) is 1. The Morgan fingerprint density at radius 3 is 2.37 bits per heavy atom. The lowest BCUT2D eigenvalue weighted by molar-refractivity contribution is 0.327. The van der Waals surface area contributed by atoms with Crippen LogP contribution in [0.1, 0.15) is 12.5 Å². The molecule has 6 nitrogen and oxygen atoms in total. The van der Waals surface area contributed by atoms with E-state index in [1.165, 1.54) is 23.5 Å². The first-order chi connectivity index (χ1) is 18.7. The minimum Gasteiger partial charge on any atom is -0.477 e. The summed E-state index contributed by atoms with van der Waals surface area (Å²) < 4.78 is 22.1. The van der Waals surface area contributed by atoms with Gasteiger partial charge in [0.2, 0.25) is 11.5 Å². The molecule has 3 aromatic heterocycles. The second kappa shape index (κ2) is 9.88. The molecule has 3 heterocycles. The Kier molecular flexibility index (Phi) is 6.12. The van der Waals surface area contributed by atoms with Gasteiger partial charge in [0.1, 0.15) is 22.3 Å². The zero-order valence-electron chi connectivity index (χ0n) is 20.3. The number of para-hydroxylation sites is 1. The average Bonchev–Trinajstić information content (AvgIpc) is 3.31. The first-order valence-electron chi connectivity index (χ1n) is 12.0. The van der Waals surface area contributed by atoms with Crippen molar-refractivity contribution >= 4 is 37.5 Å². The molecule has 0 unspecified atom stereocenters. The zero-order valence-corrected chi connectivity index (χ0v) is 21.1. The third-order valence-electron chi connectivity index (χ3n) is 6.03. The molecule has 0 fully saturated rings. The quantitative estimate of drug-likeness (QED) is 0.248. The number of nitrogens with zero attached hydrogens (tertiary/aromatic N) is 5. The van der Waals surface area contributed by atoms with Crippen LogP contribution >= 0.6 is 11.3 Å². The third-order valence-corrected chi connectivity index (χ3v) is 7.03. The van der Waals surface area contributed by atoms with Gasteiger partial charge in [0, 0.05) is 22.8 Å². The van der Waals surface area contributed by atoms with E-state index in [1.54, 1.807) is 12.1 Å². The molecule has 8 heteroatoms. The Bertz CT molecular complexity index is 1890. The highest BCUT2D eigenvalue weighted by atomic mass is 32.1. The fraction of sp³-hybridized carbons (Fsp3) is 0.0667. The molecule has 0 amide bonds. The molecule has 0 radical (unpaired) electrons. The van der Waals surface area contributed by atoms with Crippen molar-refractivity contribution in [3.63, 3.8) is 0 Å². The SMILES string of the molecule is CCOc1nc2sc3cn(-c4ccccc4)c(=Nc4ccc(F)cc4)nc3c2c(-c2ccccc2)c1C#N. The third kappa shape index (κ3) is 4.19. The Hall–Kier alpha value is -4.87. The summed E-state index contributed by atoms with van der Waals surface area (Å²) in [7, 11) is 0. The Morgan fingerprint density at radius 2 is 1.68 bits per heavy atom. The van der Waals surface area contributed by atoms with Crippen LogP contribution in [0.15, 0.2) is 96.1 Å². The lowest BCUT2D eigenvalue weighted by atomic mass is 9.98. The molecule has 0 spiro atoms. The van der Waals surface area contributed by atoms with Crippen molar-refractivity contribution in [3.05, 3.63) is 108 Å². The number of nitriles is 1. The van der Waals surface area contributed by atoms with Crippen molar-refractivity contribution in [3.8, 4) is 28.8 Å². The Labute approximate surface area is 221 Å². The number of halogens is 1. The maximum absolute atomic E-state index is 13.6. The summed E-state index contributed by atoms with van der Waals surface area (Å²) in [5, 5.41) is 11.0. The fourth-order valence-corrected chi connectivity index (χ4v) is 5.41. The molecule has 0 aliphatic heterocycles. The number of rotatable bonds is 5. The number of pyridine rings is 1. The second-order valence-corrected chi connectivity index (χ2v) is 9.44. The first-order valence-corrected chi connectivity index (χ1v) is 12.8. The standard InChI is InChI=1S/C30H20FN5OS/c1-2-37-28-23(17-32)25(19-9-5-3-6-10-19)26-27-24(38-29(26)35-28)18-36(22-11-7-4-8-12-22)30(34-27)33-21-15-13-20(31)14-16-21/h3-16,18H,2H2,1H3. The summed E-state index contributed by atoms with van der Waals surface area (Å²) >= 11 is 1.48. The van der Waals surface area contributed by atoms with Crippen molar-refractivity contribution in [2.75, 3.05) is 6.61 Å². The van der Waals surface area contributed by atoms with E-state index in [1.807, 2.05) is 78.4 Å². The molecule has 0 aliphatic carbocycles. The van der Waals surface area contributed by atoms with Crippen LogP contribution in [-0.4, -0.2) is 21.1 Å². The van der Waals surface area contributed by atoms with Gasteiger partial charge in [-0.25, -0.2) is 19.4 Å². The average molecular weight is 518 g/mol. The summed E-state index contributed by atoms with van der Waals surface area (Å²) in [6.45, 7) is 2.26. The second-order valence-electron chi connectivity index (χ2n) is 8.41. The topological polar surface area (TPSA) is 76.1 Å². The lowest BCUT2D eigenvalue weighted by Gasteiger charge is -2.11. The van der Waals surface area contributed by atoms with Crippen LogP contribution in [0.25, 0.3) is 37.2 Å². The van der Waals surface area contributed by atoms with Gasteiger partial charge in [-0.3, -0.25) is 4.57 Å². The number of benzene rings is 3. The predicted molar refractivity (Wildman–Crippen MR) is 147 cm³/mol. The van der Waals surface area contributed by atoms with Gasteiger partial charge in [-0.1, -0.05) is 48.5 Å². The lowest BCUT2D eigenvalue weighted by Crippen LogP contribution is -2.22. The summed E-state index contributed by atoms with van der Waals surface area (Å²) in [6, 6.07) is 27.8. The van der Waals surface area contributed by atoms with Gasteiger partial charge in [0.15, 0.2) is 0 Å². The van der Waals surface area contributed by atoms with E-state index < -0.39 is 0 Å². The maximum atomic E-state index is 13.6. The summed E-state index contributed by atoms with van der Waals surface area (Å²) in [5.41, 5.74) is 4.51. The van der Waals surface area contributed by atoms with Gasteiger partial charge in [-0.2, -0.15) is 5.26 Å². The van der Waals surface area contributed by atoms with E-state index in [0.717, 1.165) is 26.9 Å². The van der Waals surface area contributed by atoms with Crippen LogP contribution in [0.4, 0.5) is 10.1 Å². The van der Waals surface area contributed by atoms with E-state index in [-0.39, 0.29) is 5.82 Å². The molecule has 6 aromatic rings.